The van der Waals surface area contributed by atoms with Crippen LogP contribution in [0.15, 0.2) is 48.5 Å². The molecule has 0 saturated carbocycles. The molecule has 0 fully saturated rings. The third-order valence-electron chi connectivity index (χ3n) is 4.13. The maximum atomic E-state index is 12.6. The molecule has 0 aliphatic heterocycles. The quantitative estimate of drug-likeness (QED) is 0.663. The Bertz CT molecular complexity index is 639. The highest BCUT2D eigenvalue weighted by Crippen LogP contribution is 2.19. The average Bonchev–Trinajstić information content (AvgIpc) is 2.61. The normalized spacial score (nSPS) is 10.5. The van der Waals surface area contributed by atoms with Gasteiger partial charge in [-0.2, -0.15) is 0 Å². The number of hydrogen-bond donors (Lipinski definition) is 0. The Hall–Kier alpha value is -2.29. The number of carbonyl (C=O) groups is 1. The molecule has 0 unspecified atom stereocenters. The Kier molecular flexibility index (Phi) is 6.42. The van der Waals surface area contributed by atoms with Crippen LogP contribution in [-0.2, 0) is 0 Å². The molecule has 0 saturated heterocycles. The van der Waals surface area contributed by atoms with E-state index in [1.54, 1.807) is 0 Å². The molecule has 3 heteroatoms. The van der Waals surface area contributed by atoms with Crippen molar-refractivity contribution in [3.63, 3.8) is 0 Å². The van der Waals surface area contributed by atoms with Crippen LogP contribution in [0.25, 0.3) is 0 Å². The molecule has 24 heavy (non-hydrogen) atoms. The van der Waals surface area contributed by atoms with Crippen molar-refractivity contribution in [3.8, 4) is 0 Å². The van der Waals surface area contributed by atoms with E-state index in [1.165, 1.54) is 5.69 Å². The summed E-state index contributed by atoms with van der Waals surface area (Å²) in [5.74, 6) is 0.0735. The highest BCUT2D eigenvalue weighted by molar-refractivity contribution is 6.09. The Labute approximate surface area is 145 Å². The first kappa shape index (κ1) is 18.1. The molecular formula is C21H28N2O. The highest BCUT2D eigenvalue weighted by atomic mass is 16.1. The first-order valence-electron chi connectivity index (χ1n) is 8.74. The molecule has 0 radical (unpaired) electrons. The van der Waals surface area contributed by atoms with Gasteiger partial charge < -0.3 is 9.80 Å². The van der Waals surface area contributed by atoms with Crippen molar-refractivity contribution in [2.24, 2.45) is 0 Å². The fourth-order valence-electron chi connectivity index (χ4n) is 2.81. The molecule has 0 aliphatic carbocycles. The standard InChI is InChI=1S/C21H28N2O/c1-5-15-23(16-6-2)20-13-9-18(10-14-20)21(24)17-7-11-19(12-8-17)22(3)4/h7-14H,5-6,15-16H2,1-4H3. The van der Waals surface area contributed by atoms with E-state index < -0.39 is 0 Å². The second kappa shape index (κ2) is 8.53. The van der Waals surface area contributed by atoms with Gasteiger partial charge in [0.15, 0.2) is 5.78 Å². The van der Waals surface area contributed by atoms with Gasteiger partial charge in [0.2, 0.25) is 0 Å². The van der Waals surface area contributed by atoms with Crippen LogP contribution >= 0.6 is 0 Å². The Morgan fingerprint density at radius 2 is 1.17 bits per heavy atom. The van der Waals surface area contributed by atoms with E-state index >= 15 is 0 Å². The summed E-state index contributed by atoms with van der Waals surface area (Å²) in [6, 6.07) is 15.8. The fourth-order valence-corrected chi connectivity index (χ4v) is 2.81. The molecule has 3 nitrogen and oxygen atoms in total. The topological polar surface area (TPSA) is 23.6 Å². The molecule has 0 aromatic heterocycles. The summed E-state index contributed by atoms with van der Waals surface area (Å²) in [5, 5.41) is 0. The number of benzene rings is 2. The van der Waals surface area contributed by atoms with Crippen molar-refractivity contribution in [1.82, 2.24) is 0 Å². The average molecular weight is 324 g/mol. The molecule has 0 amide bonds. The molecule has 128 valence electrons. The van der Waals surface area contributed by atoms with Gasteiger partial charge in [0.05, 0.1) is 0 Å². The molecule has 0 aliphatic rings. The van der Waals surface area contributed by atoms with Gasteiger partial charge in [-0.3, -0.25) is 4.79 Å². The number of anilines is 2. The lowest BCUT2D eigenvalue weighted by atomic mass is 10.0. The zero-order valence-corrected chi connectivity index (χ0v) is 15.2. The molecule has 0 heterocycles. The van der Waals surface area contributed by atoms with Gasteiger partial charge in [-0.1, -0.05) is 13.8 Å². The van der Waals surface area contributed by atoms with Gasteiger partial charge >= 0.3 is 0 Å². The monoisotopic (exact) mass is 324 g/mol. The number of nitrogens with zero attached hydrogens (tertiary/aromatic N) is 2. The predicted molar refractivity (Wildman–Crippen MR) is 103 cm³/mol. The van der Waals surface area contributed by atoms with Gasteiger partial charge in [0.1, 0.15) is 0 Å². The van der Waals surface area contributed by atoms with Crippen molar-refractivity contribution in [1.29, 1.82) is 0 Å². The summed E-state index contributed by atoms with van der Waals surface area (Å²) in [6.07, 6.45) is 2.25. The van der Waals surface area contributed by atoms with Crippen LogP contribution < -0.4 is 9.80 Å². The Morgan fingerprint density at radius 3 is 1.54 bits per heavy atom. The van der Waals surface area contributed by atoms with Gasteiger partial charge in [-0.05, 0) is 61.4 Å². The summed E-state index contributed by atoms with van der Waals surface area (Å²) < 4.78 is 0. The minimum atomic E-state index is 0.0735. The number of hydrogen-bond acceptors (Lipinski definition) is 3. The van der Waals surface area contributed by atoms with Gasteiger partial charge in [-0.25, -0.2) is 0 Å². The molecule has 0 N–H and O–H groups in total. The van der Waals surface area contributed by atoms with Crippen LogP contribution in [0.1, 0.15) is 42.6 Å². The van der Waals surface area contributed by atoms with E-state index in [1.807, 2.05) is 55.4 Å². The number of carbonyl (C=O) groups excluding carboxylic acids is 1. The molecule has 2 aromatic rings. The van der Waals surface area contributed by atoms with Crippen molar-refractivity contribution < 1.29 is 4.79 Å². The van der Waals surface area contributed by atoms with Crippen molar-refractivity contribution in [2.75, 3.05) is 37.0 Å². The smallest absolute Gasteiger partial charge is 0.193 e. The summed E-state index contributed by atoms with van der Waals surface area (Å²) in [5.41, 5.74) is 3.76. The molecule has 2 aromatic carbocycles. The molecule has 0 atom stereocenters. The lowest BCUT2D eigenvalue weighted by Gasteiger charge is -2.23. The van der Waals surface area contributed by atoms with Gasteiger partial charge in [0.25, 0.3) is 0 Å². The van der Waals surface area contributed by atoms with E-state index in [9.17, 15) is 4.79 Å². The highest BCUT2D eigenvalue weighted by Gasteiger charge is 2.11. The maximum absolute atomic E-state index is 12.6. The summed E-state index contributed by atoms with van der Waals surface area (Å²) in [6.45, 7) is 6.48. The first-order valence-corrected chi connectivity index (χ1v) is 8.74. The van der Waals surface area contributed by atoms with E-state index in [0.717, 1.165) is 42.7 Å². The Morgan fingerprint density at radius 1 is 0.750 bits per heavy atom. The lowest BCUT2D eigenvalue weighted by molar-refractivity contribution is 0.103. The van der Waals surface area contributed by atoms with E-state index in [0.29, 0.717) is 0 Å². The van der Waals surface area contributed by atoms with Crippen molar-refractivity contribution in [2.45, 2.75) is 26.7 Å². The zero-order chi connectivity index (χ0) is 17.5. The van der Waals surface area contributed by atoms with Crippen molar-refractivity contribution in [3.05, 3.63) is 59.7 Å². The van der Waals surface area contributed by atoms with Crippen LogP contribution in [0.5, 0.6) is 0 Å². The molecule has 0 bridgehead atoms. The predicted octanol–water partition coefficient (Wildman–Crippen LogP) is 4.61. The minimum Gasteiger partial charge on any atom is -0.378 e. The maximum Gasteiger partial charge on any atom is 0.193 e. The van der Waals surface area contributed by atoms with E-state index in [-0.39, 0.29) is 5.78 Å². The SMILES string of the molecule is CCCN(CCC)c1ccc(C(=O)c2ccc(N(C)C)cc2)cc1. The lowest BCUT2D eigenvalue weighted by Crippen LogP contribution is -2.24. The number of ketones is 1. The van der Waals surface area contributed by atoms with Crippen molar-refractivity contribution >= 4 is 17.2 Å². The minimum absolute atomic E-state index is 0.0735. The second-order valence-corrected chi connectivity index (χ2v) is 6.30. The first-order chi connectivity index (χ1) is 11.6. The Balaban J connectivity index is 2.15. The number of rotatable bonds is 8. The van der Waals surface area contributed by atoms with Crippen LogP contribution in [0, 0.1) is 0 Å². The van der Waals surface area contributed by atoms with E-state index in [2.05, 4.69) is 30.9 Å². The molecule has 2 rings (SSSR count). The third kappa shape index (κ3) is 4.38. The zero-order valence-electron chi connectivity index (χ0n) is 15.2. The van der Waals surface area contributed by atoms with Gasteiger partial charge in [-0.15, -0.1) is 0 Å². The molecular weight excluding hydrogens is 296 g/mol. The third-order valence-corrected chi connectivity index (χ3v) is 4.13. The van der Waals surface area contributed by atoms with Crippen LogP contribution in [-0.4, -0.2) is 33.0 Å². The van der Waals surface area contributed by atoms with Crippen LogP contribution in [0.2, 0.25) is 0 Å². The van der Waals surface area contributed by atoms with Crippen LogP contribution in [0.4, 0.5) is 11.4 Å². The largest absolute Gasteiger partial charge is 0.378 e. The van der Waals surface area contributed by atoms with Crippen LogP contribution in [0.3, 0.4) is 0 Å². The van der Waals surface area contributed by atoms with Gasteiger partial charge in [0, 0.05) is 49.7 Å². The van der Waals surface area contributed by atoms with E-state index in [4.69, 9.17) is 0 Å². The summed E-state index contributed by atoms with van der Waals surface area (Å²) in [4.78, 5) is 17.0. The fraction of sp³-hybridized carbons (Fsp3) is 0.381. The molecule has 0 spiro atoms. The summed E-state index contributed by atoms with van der Waals surface area (Å²) >= 11 is 0. The second-order valence-electron chi connectivity index (χ2n) is 6.30. The summed E-state index contributed by atoms with van der Waals surface area (Å²) in [7, 11) is 3.99.